The van der Waals surface area contributed by atoms with Gasteiger partial charge in [0, 0.05) is 36.1 Å². The maximum Gasteiger partial charge on any atom is 0.271 e. The van der Waals surface area contributed by atoms with Crippen molar-refractivity contribution in [3.63, 3.8) is 0 Å². The van der Waals surface area contributed by atoms with Gasteiger partial charge in [-0.15, -0.1) is 10.2 Å². The second-order valence-corrected chi connectivity index (χ2v) is 7.10. The van der Waals surface area contributed by atoms with Gasteiger partial charge in [0.05, 0.1) is 10.6 Å². The van der Waals surface area contributed by atoms with Gasteiger partial charge in [-0.05, 0) is 24.6 Å². The van der Waals surface area contributed by atoms with Crippen LogP contribution in [0, 0.1) is 10.1 Å². The summed E-state index contributed by atoms with van der Waals surface area (Å²) in [5, 5.41) is 23.6. The first-order chi connectivity index (χ1) is 13.9. The Morgan fingerprint density at radius 1 is 1.24 bits per heavy atom. The molecular formula is C19H18N6O3S. The van der Waals surface area contributed by atoms with Gasteiger partial charge in [0.2, 0.25) is 0 Å². The van der Waals surface area contributed by atoms with Gasteiger partial charge in [0.25, 0.3) is 11.6 Å². The summed E-state index contributed by atoms with van der Waals surface area (Å²) >= 11 is 1.55. The third kappa shape index (κ3) is 5.26. The summed E-state index contributed by atoms with van der Waals surface area (Å²) in [6.45, 7) is 1.67. The molecule has 3 rings (SSSR count). The lowest BCUT2D eigenvalue weighted by atomic mass is 10.1. The van der Waals surface area contributed by atoms with Crippen LogP contribution in [0.1, 0.15) is 28.4 Å². The van der Waals surface area contributed by atoms with Gasteiger partial charge in [-0.2, -0.15) is 5.10 Å². The van der Waals surface area contributed by atoms with E-state index in [0.29, 0.717) is 22.6 Å². The molecule has 9 nitrogen and oxygen atoms in total. The van der Waals surface area contributed by atoms with E-state index in [2.05, 4.69) is 20.7 Å². The molecule has 0 aliphatic heterocycles. The van der Waals surface area contributed by atoms with Crippen LogP contribution in [-0.2, 0) is 12.8 Å². The van der Waals surface area contributed by atoms with Crippen LogP contribution in [0.4, 0.5) is 5.69 Å². The van der Waals surface area contributed by atoms with Crippen molar-refractivity contribution in [1.82, 2.24) is 20.2 Å². The number of benzene rings is 2. The number of nitro groups is 1. The van der Waals surface area contributed by atoms with E-state index in [9.17, 15) is 14.9 Å². The maximum absolute atomic E-state index is 12.3. The minimum absolute atomic E-state index is 0.0295. The number of thioether (sulfide) groups is 1. The summed E-state index contributed by atoms with van der Waals surface area (Å²) in [7, 11) is 1.88. The van der Waals surface area contributed by atoms with Crippen molar-refractivity contribution in [2.24, 2.45) is 12.1 Å². The van der Waals surface area contributed by atoms with Crippen molar-refractivity contribution in [3.05, 3.63) is 81.7 Å². The standard InChI is InChI=1S/C19H18N6O3S/c1-13(16-4-3-5-17(10-16)25(27)28)21-22-18(26)15-8-6-14(7-9-15)11-29-19-23-20-12-24(19)2/h3-10,12H,11H2,1-2H3,(H,22,26)/b21-13-. The maximum atomic E-state index is 12.3. The lowest BCUT2D eigenvalue weighted by molar-refractivity contribution is -0.384. The molecule has 0 radical (unpaired) electrons. The molecule has 0 unspecified atom stereocenters. The van der Waals surface area contributed by atoms with Crippen molar-refractivity contribution in [3.8, 4) is 0 Å². The lowest BCUT2D eigenvalue weighted by Gasteiger charge is -2.05. The molecule has 29 heavy (non-hydrogen) atoms. The highest BCUT2D eigenvalue weighted by Gasteiger charge is 2.09. The fraction of sp³-hybridized carbons (Fsp3) is 0.158. The Labute approximate surface area is 171 Å². The van der Waals surface area contributed by atoms with Crippen LogP contribution >= 0.6 is 11.8 Å². The molecule has 10 heteroatoms. The smallest absolute Gasteiger partial charge is 0.271 e. The first kappa shape index (κ1) is 20.2. The second-order valence-electron chi connectivity index (χ2n) is 6.16. The zero-order chi connectivity index (χ0) is 20.8. The Morgan fingerprint density at radius 3 is 2.66 bits per heavy atom. The zero-order valence-electron chi connectivity index (χ0n) is 15.8. The Bertz CT molecular complexity index is 1060. The summed E-state index contributed by atoms with van der Waals surface area (Å²) in [6, 6.07) is 13.3. The van der Waals surface area contributed by atoms with E-state index in [0.717, 1.165) is 10.7 Å². The highest BCUT2D eigenvalue weighted by molar-refractivity contribution is 7.98. The van der Waals surface area contributed by atoms with E-state index in [1.807, 2.05) is 23.7 Å². The Balaban J connectivity index is 1.60. The number of amides is 1. The van der Waals surface area contributed by atoms with Gasteiger partial charge in [0.1, 0.15) is 6.33 Å². The van der Waals surface area contributed by atoms with Gasteiger partial charge < -0.3 is 4.57 Å². The molecule has 1 aromatic heterocycles. The highest BCUT2D eigenvalue weighted by Crippen LogP contribution is 2.20. The molecule has 0 aliphatic rings. The van der Waals surface area contributed by atoms with E-state index in [4.69, 9.17) is 0 Å². The Hall–Kier alpha value is -3.53. The van der Waals surface area contributed by atoms with E-state index in [-0.39, 0.29) is 11.6 Å². The minimum Gasteiger partial charge on any atom is -0.312 e. The highest BCUT2D eigenvalue weighted by atomic mass is 32.2. The van der Waals surface area contributed by atoms with Gasteiger partial charge >= 0.3 is 0 Å². The molecule has 1 amide bonds. The molecule has 0 fully saturated rings. The Morgan fingerprint density at radius 2 is 2.00 bits per heavy atom. The Kier molecular flexibility index (Phi) is 6.35. The normalized spacial score (nSPS) is 11.3. The predicted octanol–water partition coefficient (Wildman–Crippen LogP) is 3.17. The SMILES string of the molecule is C/C(=N/NC(=O)c1ccc(CSc2nncn2C)cc1)c1cccc([N+](=O)[O-])c1. The van der Waals surface area contributed by atoms with Crippen molar-refractivity contribution in [1.29, 1.82) is 0 Å². The van der Waals surface area contributed by atoms with E-state index >= 15 is 0 Å². The number of non-ortho nitro benzene ring substituents is 1. The largest absolute Gasteiger partial charge is 0.312 e. The molecule has 1 N–H and O–H groups in total. The van der Waals surface area contributed by atoms with Crippen molar-refractivity contribution < 1.29 is 9.72 Å². The van der Waals surface area contributed by atoms with E-state index < -0.39 is 4.92 Å². The molecule has 0 spiro atoms. The molecule has 0 bridgehead atoms. The molecule has 148 valence electrons. The number of nitro benzene ring substituents is 1. The first-order valence-electron chi connectivity index (χ1n) is 8.59. The number of nitrogens with zero attached hydrogens (tertiary/aromatic N) is 5. The number of hydrogen-bond donors (Lipinski definition) is 1. The number of rotatable bonds is 7. The average Bonchev–Trinajstić information content (AvgIpc) is 3.15. The second kappa shape index (κ2) is 9.11. The summed E-state index contributed by atoms with van der Waals surface area (Å²) in [6.07, 6.45) is 1.64. The molecule has 0 aliphatic carbocycles. The van der Waals surface area contributed by atoms with Gasteiger partial charge in [-0.1, -0.05) is 36.0 Å². The number of nitrogens with one attached hydrogen (secondary N) is 1. The molecule has 0 saturated heterocycles. The van der Waals surface area contributed by atoms with Crippen LogP contribution < -0.4 is 5.43 Å². The van der Waals surface area contributed by atoms with Gasteiger partial charge in [0.15, 0.2) is 5.16 Å². The topological polar surface area (TPSA) is 115 Å². The zero-order valence-corrected chi connectivity index (χ0v) is 16.6. The van der Waals surface area contributed by atoms with Crippen LogP contribution in [0.25, 0.3) is 0 Å². The molecule has 0 atom stereocenters. The van der Waals surface area contributed by atoms with Gasteiger partial charge in [-0.3, -0.25) is 14.9 Å². The summed E-state index contributed by atoms with van der Waals surface area (Å²) in [5.74, 6) is 0.348. The number of hydrogen-bond acceptors (Lipinski definition) is 7. The molecular weight excluding hydrogens is 392 g/mol. The van der Waals surface area contributed by atoms with E-state index in [1.165, 1.54) is 12.1 Å². The molecule has 2 aromatic carbocycles. The van der Waals surface area contributed by atoms with Crippen LogP contribution in [0.15, 0.2) is 65.1 Å². The summed E-state index contributed by atoms with van der Waals surface area (Å²) < 4.78 is 1.84. The predicted molar refractivity (Wildman–Crippen MR) is 110 cm³/mol. The fourth-order valence-corrected chi connectivity index (χ4v) is 3.26. The van der Waals surface area contributed by atoms with Crippen LogP contribution in [0.5, 0.6) is 0 Å². The molecule has 1 heterocycles. The van der Waals surface area contributed by atoms with Crippen LogP contribution in [-0.4, -0.2) is 31.3 Å². The van der Waals surface area contributed by atoms with Crippen molar-refractivity contribution in [2.75, 3.05) is 0 Å². The van der Waals surface area contributed by atoms with Crippen LogP contribution in [0.2, 0.25) is 0 Å². The van der Waals surface area contributed by atoms with Crippen molar-refractivity contribution >= 4 is 29.1 Å². The third-order valence-corrected chi connectivity index (χ3v) is 5.16. The number of aromatic nitrogens is 3. The molecule has 3 aromatic rings. The fourth-order valence-electron chi connectivity index (χ4n) is 2.41. The van der Waals surface area contributed by atoms with E-state index in [1.54, 1.807) is 49.3 Å². The summed E-state index contributed by atoms with van der Waals surface area (Å²) in [5.41, 5.74) is 5.00. The minimum atomic E-state index is -0.473. The quantitative estimate of drug-likeness (QED) is 0.277. The number of carbonyl (C=O) groups is 1. The average molecular weight is 410 g/mol. The van der Waals surface area contributed by atoms with Gasteiger partial charge in [-0.25, -0.2) is 5.43 Å². The number of hydrazone groups is 1. The lowest BCUT2D eigenvalue weighted by Crippen LogP contribution is -2.19. The van der Waals surface area contributed by atoms with Crippen molar-refractivity contribution in [2.45, 2.75) is 17.8 Å². The van der Waals surface area contributed by atoms with Crippen LogP contribution in [0.3, 0.4) is 0 Å². The number of carbonyl (C=O) groups excluding carboxylic acids is 1. The third-order valence-electron chi connectivity index (χ3n) is 4.05. The molecule has 0 saturated carbocycles. The number of aryl methyl sites for hydroxylation is 1. The summed E-state index contributed by atoms with van der Waals surface area (Å²) in [4.78, 5) is 22.7. The first-order valence-corrected chi connectivity index (χ1v) is 9.58. The monoisotopic (exact) mass is 410 g/mol.